The summed E-state index contributed by atoms with van der Waals surface area (Å²) in [7, 11) is 0. The third kappa shape index (κ3) is 5.85. The molecule has 7 heteroatoms. The van der Waals surface area contributed by atoms with Crippen molar-refractivity contribution < 1.29 is 9.21 Å². The van der Waals surface area contributed by atoms with E-state index in [1.165, 1.54) is 11.8 Å². The molecule has 0 atom stereocenters. The molecule has 0 radical (unpaired) electrons. The van der Waals surface area contributed by atoms with Gasteiger partial charge in [0, 0.05) is 25.7 Å². The fraction of sp³-hybridized carbons (Fsp3) is 0.333. The molecule has 5 nitrogen and oxygen atoms in total. The summed E-state index contributed by atoms with van der Waals surface area (Å²) in [6, 6.07) is 14.1. The fourth-order valence-electron chi connectivity index (χ4n) is 2.87. The van der Waals surface area contributed by atoms with Gasteiger partial charge in [0.05, 0.1) is 6.26 Å². The standard InChI is InChI=1S/C18H21N3O2S.ClH/c22-17(16-7-4-12-23-16)20-18(24)19-15-8-10-21(11-9-15)13-14-5-2-1-3-6-14;/h1-7,12,15H,8-11,13H2,(H2,19,20,22,24);1H. The third-order valence-corrected chi connectivity index (χ3v) is 4.36. The van der Waals surface area contributed by atoms with Gasteiger partial charge < -0.3 is 9.73 Å². The molecule has 1 fully saturated rings. The first-order chi connectivity index (χ1) is 11.7. The van der Waals surface area contributed by atoms with Crippen molar-refractivity contribution in [2.24, 2.45) is 0 Å². The van der Waals surface area contributed by atoms with Crippen LogP contribution < -0.4 is 10.6 Å². The first-order valence-electron chi connectivity index (χ1n) is 8.12. The molecule has 2 N–H and O–H groups in total. The van der Waals surface area contributed by atoms with Gasteiger partial charge in [-0.3, -0.25) is 15.0 Å². The van der Waals surface area contributed by atoms with Gasteiger partial charge in [-0.15, -0.1) is 12.4 Å². The highest BCUT2D eigenvalue weighted by Gasteiger charge is 2.20. The Morgan fingerprint density at radius 1 is 1.16 bits per heavy atom. The minimum Gasteiger partial charge on any atom is -0.459 e. The lowest BCUT2D eigenvalue weighted by Gasteiger charge is -2.32. The summed E-state index contributed by atoms with van der Waals surface area (Å²) < 4.78 is 5.05. The number of nitrogens with one attached hydrogen (secondary N) is 2. The second-order valence-electron chi connectivity index (χ2n) is 5.94. The van der Waals surface area contributed by atoms with Crippen LogP contribution in [-0.2, 0) is 6.54 Å². The molecule has 134 valence electrons. The predicted octanol–water partition coefficient (Wildman–Crippen LogP) is 2.97. The van der Waals surface area contributed by atoms with Gasteiger partial charge in [0.2, 0.25) is 0 Å². The zero-order valence-electron chi connectivity index (χ0n) is 13.8. The minimum atomic E-state index is -0.320. The third-order valence-electron chi connectivity index (χ3n) is 4.14. The number of likely N-dealkylation sites (tertiary alicyclic amines) is 1. The van der Waals surface area contributed by atoms with Crippen molar-refractivity contribution in [3.63, 3.8) is 0 Å². The van der Waals surface area contributed by atoms with E-state index in [0.29, 0.717) is 11.2 Å². The van der Waals surface area contributed by atoms with E-state index in [9.17, 15) is 4.79 Å². The van der Waals surface area contributed by atoms with Crippen LogP contribution in [0, 0.1) is 0 Å². The molecule has 1 saturated heterocycles. The molecule has 2 heterocycles. The summed E-state index contributed by atoms with van der Waals surface area (Å²) in [5.74, 6) is -0.0594. The van der Waals surface area contributed by atoms with Crippen molar-refractivity contribution in [2.75, 3.05) is 13.1 Å². The number of furan rings is 1. The van der Waals surface area contributed by atoms with Crippen molar-refractivity contribution in [3.8, 4) is 0 Å². The molecular formula is C18H22ClN3O2S. The van der Waals surface area contributed by atoms with E-state index in [0.717, 1.165) is 32.5 Å². The van der Waals surface area contributed by atoms with Gasteiger partial charge in [0.25, 0.3) is 5.91 Å². The summed E-state index contributed by atoms with van der Waals surface area (Å²) in [5, 5.41) is 6.24. The van der Waals surface area contributed by atoms with Crippen molar-refractivity contribution >= 4 is 35.6 Å². The number of thiocarbonyl (C=S) groups is 1. The maximum atomic E-state index is 11.9. The van der Waals surface area contributed by atoms with E-state index >= 15 is 0 Å². The summed E-state index contributed by atoms with van der Waals surface area (Å²) >= 11 is 5.22. The number of carbonyl (C=O) groups excluding carboxylic acids is 1. The topological polar surface area (TPSA) is 57.5 Å². The smallest absolute Gasteiger partial charge is 0.293 e. The SMILES string of the molecule is Cl.O=C(NC(=S)NC1CCN(Cc2ccccc2)CC1)c1ccco1. The lowest BCUT2D eigenvalue weighted by Crippen LogP contribution is -2.48. The van der Waals surface area contributed by atoms with E-state index in [1.54, 1.807) is 12.1 Å². The Morgan fingerprint density at radius 3 is 2.52 bits per heavy atom. The average Bonchev–Trinajstić information content (AvgIpc) is 3.12. The van der Waals surface area contributed by atoms with Gasteiger partial charge in [-0.05, 0) is 42.8 Å². The van der Waals surface area contributed by atoms with E-state index in [2.05, 4.69) is 39.8 Å². The van der Waals surface area contributed by atoms with Crippen molar-refractivity contribution in [3.05, 3.63) is 60.1 Å². The van der Waals surface area contributed by atoms with E-state index in [4.69, 9.17) is 16.6 Å². The summed E-state index contributed by atoms with van der Waals surface area (Å²) in [4.78, 5) is 14.3. The number of halogens is 1. The highest BCUT2D eigenvalue weighted by atomic mass is 35.5. The van der Waals surface area contributed by atoms with Crippen LogP contribution in [0.25, 0.3) is 0 Å². The van der Waals surface area contributed by atoms with Gasteiger partial charge in [-0.1, -0.05) is 30.3 Å². The van der Waals surface area contributed by atoms with Crippen LogP contribution in [0.2, 0.25) is 0 Å². The highest BCUT2D eigenvalue weighted by Crippen LogP contribution is 2.13. The number of piperidine rings is 1. The molecule has 1 amide bonds. The highest BCUT2D eigenvalue weighted by molar-refractivity contribution is 7.80. The average molecular weight is 380 g/mol. The van der Waals surface area contributed by atoms with Crippen molar-refractivity contribution in [1.29, 1.82) is 0 Å². The van der Waals surface area contributed by atoms with Crippen LogP contribution >= 0.6 is 24.6 Å². The van der Waals surface area contributed by atoms with Crippen LogP contribution in [0.1, 0.15) is 29.0 Å². The van der Waals surface area contributed by atoms with Gasteiger partial charge in [0.1, 0.15) is 0 Å². The first-order valence-corrected chi connectivity index (χ1v) is 8.53. The van der Waals surface area contributed by atoms with Crippen LogP contribution in [-0.4, -0.2) is 35.1 Å². The van der Waals surface area contributed by atoms with E-state index in [1.807, 2.05) is 6.07 Å². The van der Waals surface area contributed by atoms with Crippen LogP contribution in [0.4, 0.5) is 0 Å². The number of nitrogens with zero attached hydrogens (tertiary/aromatic N) is 1. The van der Waals surface area contributed by atoms with Crippen molar-refractivity contribution in [1.82, 2.24) is 15.5 Å². The zero-order chi connectivity index (χ0) is 16.8. The number of amides is 1. The molecule has 1 aromatic heterocycles. The Labute approximate surface area is 159 Å². The summed E-state index contributed by atoms with van der Waals surface area (Å²) in [6.45, 7) is 3.01. The lowest BCUT2D eigenvalue weighted by atomic mass is 10.0. The Hall–Kier alpha value is -1.89. The lowest BCUT2D eigenvalue weighted by molar-refractivity contribution is 0.0949. The first kappa shape index (κ1) is 19.4. The number of carbonyl (C=O) groups is 1. The normalized spacial score (nSPS) is 15.2. The molecule has 2 aromatic rings. The maximum Gasteiger partial charge on any atom is 0.293 e. The van der Waals surface area contributed by atoms with Crippen molar-refractivity contribution in [2.45, 2.75) is 25.4 Å². The monoisotopic (exact) mass is 379 g/mol. The maximum absolute atomic E-state index is 11.9. The Kier molecular flexibility index (Phi) is 7.43. The minimum absolute atomic E-state index is 0. The van der Waals surface area contributed by atoms with Gasteiger partial charge in [-0.25, -0.2) is 0 Å². The Bertz CT molecular complexity index is 671. The molecule has 0 spiro atoms. The van der Waals surface area contributed by atoms with Crippen LogP contribution in [0.5, 0.6) is 0 Å². The molecule has 0 aliphatic carbocycles. The molecule has 3 rings (SSSR count). The molecule has 0 bridgehead atoms. The number of hydrogen-bond acceptors (Lipinski definition) is 4. The zero-order valence-corrected chi connectivity index (χ0v) is 15.4. The van der Waals surface area contributed by atoms with Crippen LogP contribution in [0.3, 0.4) is 0 Å². The number of benzene rings is 1. The molecule has 1 aliphatic rings. The Balaban J connectivity index is 0.00000225. The molecule has 0 unspecified atom stereocenters. The predicted molar refractivity (Wildman–Crippen MR) is 104 cm³/mol. The second-order valence-corrected chi connectivity index (χ2v) is 6.35. The van der Waals surface area contributed by atoms with Gasteiger partial charge >= 0.3 is 0 Å². The van der Waals surface area contributed by atoms with Gasteiger partial charge in [-0.2, -0.15) is 0 Å². The molecule has 1 aliphatic heterocycles. The van der Waals surface area contributed by atoms with E-state index < -0.39 is 0 Å². The fourth-order valence-corrected chi connectivity index (χ4v) is 3.13. The molecular weight excluding hydrogens is 358 g/mol. The largest absolute Gasteiger partial charge is 0.459 e. The summed E-state index contributed by atoms with van der Waals surface area (Å²) in [5.41, 5.74) is 1.34. The molecule has 1 aromatic carbocycles. The summed E-state index contributed by atoms with van der Waals surface area (Å²) in [6.07, 6.45) is 3.47. The quantitative estimate of drug-likeness (QED) is 0.800. The van der Waals surface area contributed by atoms with Gasteiger partial charge in [0.15, 0.2) is 10.9 Å². The molecule has 25 heavy (non-hydrogen) atoms. The molecule has 0 saturated carbocycles. The Morgan fingerprint density at radius 2 is 1.88 bits per heavy atom. The second kappa shape index (κ2) is 9.56. The van der Waals surface area contributed by atoms with E-state index in [-0.39, 0.29) is 24.1 Å². The number of hydrogen-bond donors (Lipinski definition) is 2. The number of rotatable bonds is 4. The van der Waals surface area contributed by atoms with Crippen LogP contribution in [0.15, 0.2) is 53.1 Å².